The first kappa shape index (κ1) is 23.7. The van der Waals surface area contributed by atoms with Crippen molar-refractivity contribution >= 4 is 28.9 Å². The molecule has 3 heterocycles. The molecule has 0 bridgehead atoms. The number of para-hydroxylation sites is 1. The molecule has 1 atom stereocenters. The lowest BCUT2D eigenvalue weighted by atomic mass is 10.0. The van der Waals surface area contributed by atoms with Crippen molar-refractivity contribution in [2.45, 2.75) is 12.5 Å². The Morgan fingerprint density at radius 3 is 2.53 bits per heavy atom. The molecule has 1 aromatic heterocycles. The summed E-state index contributed by atoms with van der Waals surface area (Å²) >= 11 is 0. The average Bonchev–Trinajstić information content (AvgIpc) is 3.41. The van der Waals surface area contributed by atoms with Crippen molar-refractivity contribution < 1.29 is 19.2 Å². The second kappa shape index (κ2) is 11.1. The van der Waals surface area contributed by atoms with E-state index in [2.05, 4.69) is 25.7 Å². The molecule has 1 saturated heterocycles. The molecule has 2 aromatic carbocycles. The molecule has 2 aliphatic heterocycles. The molecule has 1 unspecified atom stereocenters. The van der Waals surface area contributed by atoms with Gasteiger partial charge in [-0.15, -0.1) is 0 Å². The molecule has 1 fully saturated rings. The summed E-state index contributed by atoms with van der Waals surface area (Å²) in [5.74, 6) is -0.321. The van der Waals surface area contributed by atoms with Crippen LogP contribution in [0.2, 0.25) is 0 Å². The molecule has 0 aliphatic carbocycles. The summed E-state index contributed by atoms with van der Waals surface area (Å²) in [6.07, 6.45) is 3.07. The van der Waals surface area contributed by atoms with E-state index in [9.17, 15) is 9.59 Å². The van der Waals surface area contributed by atoms with E-state index in [1.807, 2.05) is 60.7 Å². The SMILES string of the molecule is O=C(CN1CCOCC1)Nc1ccccc1-c1ccc(NC(=O)C2CC(c3cccnc3)=NO2)cc1. The molecule has 184 valence electrons. The van der Waals surface area contributed by atoms with Crippen LogP contribution in [0, 0.1) is 0 Å². The van der Waals surface area contributed by atoms with Gasteiger partial charge in [0, 0.05) is 54.4 Å². The number of ether oxygens (including phenoxy) is 1. The summed E-state index contributed by atoms with van der Waals surface area (Å²) in [5.41, 5.74) is 4.76. The van der Waals surface area contributed by atoms with E-state index < -0.39 is 6.10 Å². The van der Waals surface area contributed by atoms with E-state index in [0.717, 1.165) is 35.5 Å². The fraction of sp³-hybridized carbons (Fsp3) is 0.259. The maximum Gasteiger partial charge on any atom is 0.268 e. The van der Waals surface area contributed by atoms with Crippen molar-refractivity contribution in [3.05, 3.63) is 78.6 Å². The highest BCUT2D eigenvalue weighted by Gasteiger charge is 2.29. The minimum absolute atomic E-state index is 0.0577. The molecular formula is C27H27N5O4. The van der Waals surface area contributed by atoms with Crippen LogP contribution in [0.25, 0.3) is 11.1 Å². The number of rotatable bonds is 7. The van der Waals surface area contributed by atoms with Gasteiger partial charge in [-0.05, 0) is 35.9 Å². The number of hydrogen-bond acceptors (Lipinski definition) is 7. The third kappa shape index (κ3) is 5.76. The van der Waals surface area contributed by atoms with Gasteiger partial charge < -0.3 is 20.2 Å². The first-order valence-corrected chi connectivity index (χ1v) is 11.9. The second-order valence-corrected chi connectivity index (χ2v) is 8.63. The number of amides is 2. The van der Waals surface area contributed by atoms with Gasteiger partial charge in [-0.25, -0.2) is 0 Å². The molecule has 36 heavy (non-hydrogen) atoms. The largest absolute Gasteiger partial charge is 0.382 e. The number of hydrogen-bond donors (Lipinski definition) is 2. The Morgan fingerprint density at radius 1 is 0.944 bits per heavy atom. The van der Waals surface area contributed by atoms with Gasteiger partial charge in [0.15, 0.2) is 0 Å². The number of carbonyl (C=O) groups excluding carboxylic acids is 2. The molecule has 3 aromatic rings. The topological polar surface area (TPSA) is 105 Å². The average molecular weight is 486 g/mol. The second-order valence-electron chi connectivity index (χ2n) is 8.63. The van der Waals surface area contributed by atoms with Crippen molar-refractivity contribution in [2.24, 2.45) is 5.16 Å². The number of oxime groups is 1. The Labute approximate surface area is 209 Å². The lowest BCUT2D eigenvalue weighted by Crippen LogP contribution is -2.41. The van der Waals surface area contributed by atoms with Gasteiger partial charge in [0.05, 0.1) is 25.5 Å². The van der Waals surface area contributed by atoms with Gasteiger partial charge in [0.1, 0.15) is 0 Å². The van der Waals surface area contributed by atoms with E-state index in [1.165, 1.54) is 0 Å². The van der Waals surface area contributed by atoms with E-state index in [4.69, 9.17) is 9.57 Å². The van der Waals surface area contributed by atoms with Gasteiger partial charge in [0.25, 0.3) is 5.91 Å². The van der Waals surface area contributed by atoms with Crippen LogP contribution < -0.4 is 10.6 Å². The van der Waals surface area contributed by atoms with E-state index in [1.54, 1.807) is 12.4 Å². The van der Waals surface area contributed by atoms with Crippen LogP contribution in [0.5, 0.6) is 0 Å². The third-order valence-corrected chi connectivity index (χ3v) is 6.09. The number of nitrogens with zero attached hydrogens (tertiary/aromatic N) is 3. The standard InChI is InChI=1S/C27H27N5O4/c33-26(18-32-12-14-35-15-13-32)30-23-6-2-1-5-22(23)19-7-9-21(10-8-19)29-27(34)25-16-24(31-36-25)20-4-3-11-28-17-20/h1-11,17,25H,12-16,18H2,(H,29,34)(H,30,33). The summed E-state index contributed by atoms with van der Waals surface area (Å²) < 4.78 is 5.35. The minimum Gasteiger partial charge on any atom is -0.382 e. The summed E-state index contributed by atoms with van der Waals surface area (Å²) in [5, 5.41) is 9.97. The van der Waals surface area contributed by atoms with E-state index >= 15 is 0 Å². The van der Waals surface area contributed by atoms with Crippen LogP contribution in [0.1, 0.15) is 12.0 Å². The minimum atomic E-state index is -0.692. The predicted octanol–water partition coefficient (Wildman–Crippen LogP) is 3.15. The first-order chi connectivity index (χ1) is 17.7. The highest BCUT2D eigenvalue weighted by molar-refractivity contribution is 6.06. The Morgan fingerprint density at radius 2 is 1.75 bits per heavy atom. The number of carbonyl (C=O) groups is 2. The zero-order chi connectivity index (χ0) is 24.7. The molecule has 0 spiro atoms. The van der Waals surface area contributed by atoms with E-state index in [-0.39, 0.29) is 11.8 Å². The van der Waals surface area contributed by atoms with Crippen molar-refractivity contribution in [3.8, 4) is 11.1 Å². The number of nitrogens with one attached hydrogen (secondary N) is 2. The molecule has 2 N–H and O–H groups in total. The highest BCUT2D eigenvalue weighted by Crippen LogP contribution is 2.29. The van der Waals surface area contributed by atoms with Gasteiger partial charge in [-0.2, -0.15) is 0 Å². The summed E-state index contributed by atoms with van der Waals surface area (Å²) in [4.78, 5) is 36.8. The van der Waals surface area contributed by atoms with Crippen molar-refractivity contribution in [2.75, 3.05) is 43.5 Å². The molecule has 2 aliphatic rings. The van der Waals surface area contributed by atoms with Crippen LogP contribution in [0.15, 0.2) is 78.2 Å². The normalized spacial score (nSPS) is 17.7. The van der Waals surface area contributed by atoms with Gasteiger partial charge in [-0.3, -0.25) is 19.5 Å². The maximum absolute atomic E-state index is 12.7. The fourth-order valence-electron chi connectivity index (χ4n) is 4.17. The first-order valence-electron chi connectivity index (χ1n) is 11.9. The van der Waals surface area contributed by atoms with Crippen LogP contribution in [-0.2, 0) is 19.2 Å². The molecule has 0 saturated carbocycles. The van der Waals surface area contributed by atoms with E-state index in [0.29, 0.717) is 37.6 Å². The number of pyridine rings is 1. The molecular weight excluding hydrogens is 458 g/mol. The Balaban J connectivity index is 1.19. The Hall–Kier alpha value is -4.08. The lowest BCUT2D eigenvalue weighted by molar-refractivity contribution is -0.125. The zero-order valence-corrected chi connectivity index (χ0v) is 19.7. The lowest BCUT2D eigenvalue weighted by Gasteiger charge is -2.26. The molecule has 9 nitrogen and oxygen atoms in total. The van der Waals surface area contributed by atoms with Crippen molar-refractivity contribution in [1.82, 2.24) is 9.88 Å². The monoisotopic (exact) mass is 485 g/mol. The Bertz CT molecular complexity index is 1240. The zero-order valence-electron chi connectivity index (χ0n) is 19.7. The van der Waals surface area contributed by atoms with Crippen molar-refractivity contribution in [1.29, 1.82) is 0 Å². The van der Waals surface area contributed by atoms with Gasteiger partial charge in [0.2, 0.25) is 12.0 Å². The maximum atomic E-state index is 12.7. The van der Waals surface area contributed by atoms with Crippen LogP contribution in [-0.4, -0.2) is 66.4 Å². The summed E-state index contributed by atoms with van der Waals surface area (Å²) in [7, 11) is 0. The number of benzene rings is 2. The summed E-state index contributed by atoms with van der Waals surface area (Å²) in [6, 6.07) is 18.9. The van der Waals surface area contributed by atoms with Gasteiger partial charge >= 0.3 is 0 Å². The molecule has 2 amide bonds. The third-order valence-electron chi connectivity index (χ3n) is 6.09. The predicted molar refractivity (Wildman–Crippen MR) is 137 cm³/mol. The van der Waals surface area contributed by atoms with Gasteiger partial charge in [-0.1, -0.05) is 35.5 Å². The molecule has 9 heteroatoms. The number of anilines is 2. The molecule has 5 rings (SSSR count). The highest BCUT2D eigenvalue weighted by atomic mass is 16.6. The van der Waals surface area contributed by atoms with Crippen molar-refractivity contribution in [3.63, 3.8) is 0 Å². The van der Waals surface area contributed by atoms with Crippen LogP contribution in [0.4, 0.5) is 11.4 Å². The number of morpholine rings is 1. The summed E-state index contributed by atoms with van der Waals surface area (Å²) in [6.45, 7) is 3.14. The fourth-order valence-corrected chi connectivity index (χ4v) is 4.17. The van der Waals surface area contributed by atoms with Crippen LogP contribution in [0.3, 0.4) is 0 Å². The smallest absolute Gasteiger partial charge is 0.268 e. The Kier molecular flexibility index (Phi) is 7.30. The van der Waals surface area contributed by atoms with Crippen LogP contribution >= 0.6 is 0 Å². The number of aromatic nitrogens is 1. The molecule has 0 radical (unpaired) electrons. The quantitative estimate of drug-likeness (QED) is 0.533.